The van der Waals surface area contributed by atoms with Gasteiger partial charge in [0.15, 0.2) is 0 Å². The fourth-order valence-electron chi connectivity index (χ4n) is 6.03. The van der Waals surface area contributed by atoms with Crippen molar-refractivity contribution in [2.24, 2.45) is 0 Å². The molecule has 0 saturated carbocycles. The lowest BCUT2D eigenvalue weighted by Crippen LogP contribution is -2.06. The molecule has 0 unspecified atom stereocenters. The first-order valence-electron chi connectivity index (χ1n) is 15.7. The van der Waals surface area contributed by atoms with Crippen molar-refractivity contribution >= 4 is 71.0 Å². The van der Waals surface area contributed by atoms with Gasteiger partial charge in [-0.3, -0.25) is 9.97 Å². The molecule has 5 aromatic rings. The van der Waals surface area contributed by atoms with Gasteiger partial charge in [0, 0.05) is 40.8 Å². The van der Waals surface area contributed by atoms with Crippen LogP contribution >= 0.6 is 31.9 Å². The molecule has 3 N–H and O–H groups in total. The van der Waals surface area contributed by atoms with Crippen molar-refractivity contribution in [1.82, 2.24) is 19.9 Å². The van der Waals surface area contributed by atoms with Gasteiger partial charge in [0.05, 0.1) is 45.0 Å². The summed E-state index contributed by atoms with van der Waals surface area (Å²) in [5.74, 6) is -1.31. The minimum Gasteiger partial charge on any atom is -0.397 e. The molecule has 1 aromatic carbocycles. The Morgan fingerprint density at radius 1 is 0.830 bits per heavy atom. The molecule has 4 aromatic heterocycles. The molecule has 240 valence electrons. The molecule has 0 aliphatic heterocycles. The molecule has 7 rings (SSSR count). The zero-order chi connectivity index (χ0) is 32.9. The van der Waals surface area contributed by atoms with Crippen molar-refractivity contribution in [2.75, 3.05) is 11.1 Å². The third-order valence-electron chi connectivity index (χ3n) is 8.39. The summed E-state index contributed by atoms with van der Waals surface area (Å²) in [6.07, 6.45) is 18.7. The molecule has 10 heteroatoms. The van der Waals surface area contributed by atoms with Crippen LogP contribution in [-0.4, -0.2) is 19.9 Å². The maximum Gasteiger partial charge on any atom is 0.137 e. The lowest BCUT2D eigenvalue weighted by Gasteiger charge is -2.22. The number of allylic oxidation sites excluding steroid dienone is 4. The zero-order valence-corrected chi connectivity index (χ0v) is 29.1. The molecule has 0 amide bonds. The standard InChI is InChI=1S/C32H30F2N4.C5H4Br2N2/c1-20-30(26-14-8-9-15-35-26)37-27-18-24(33)17-25(34)29(27)31(20)38-28-16-23(21-10-4-2-5-11-21)19-36-32(28)22-12-6-3-7-13-22;6-3-1-4(8)5(7)9-2-3/h8-10,12,14-19H,2-7,11,13H2,1H3,(H,37,38);1-2H,8H2. The fourth-order valence-corrected chi connectivity index (χ4v) is 6.60. The number of nitrogens with zero attached hydrogens (tertiary/aromatic N) is 4. The second-order valence-corrected chi connectivity index (χ2v) is 13.4. The summed E-state index contributed by atoms with van der Waals surface area (Å²) in [6.45, 7) is 1.90. The summed E-state index contributed by atoms with van der Waals surface area (Å²) in [7, 11) is 0. The Morgan fingerprint density at radius 3 is 2.26 bits per heavy atom. The molecular weight excluding hydrogens is 726 g/mol. The number of aromatic nitrogens is 4. The van der Waals surface area contributed by atoms with E-state index in [1.54, 1.807) is 18.5 Å². The molecule has 0 spiro atoms. The van der Waals surface area contributed by atoms with Gasteiger partial charge in [-0.1, -0.05) is 18.2 Å². The summed E-state index contributed by atoms with van der Waals surface area (Å²) in [6, 6.07) is 11.7. The van der Waals surface area contributed by atoms with E-state index < -0.39 is 11.6 Å². The minimum atomic E-state index is -0.662. The summed E-state index contributed by atoms with van der Waals surface area (Å²) in [4.78, 5) is 18.0. The number of benzene rings is 1. The number of nitrogens with two attached hydrogens (primary N) is 1. The third-order valence-corrected chi connectivity index (χ3v) is 9.49. The number of fused-ring (bicyclic) bond motifs is 1. The Balaban J connectivity index is 0.000000373. The van der Waals surface area contributed by atoms with E-state index in [-0.39, 0.29) is 10.9 Å². The monoisotopic (exact) mass is 758 g/mol. The lowest BCUT2D eigenvalue weighted by atomic mass is 9.92. The van der Waals surface area contributed by atoms with Gasteiger partial charge < -0.3 is 11.1 Å². The number of hydrogen-bond donors (Lipinski definition) is 2. The predicted molar refractivity (Wildman–Crippen MR) is 194 cm³/mol. The van der Waals surface area contributed by atoms with Crippen LogP contribution in [0.2, 0.25) is 0 Å². The van der Waals surface area contributed by atoms with Gasteiger partial charge in [-0.05, 0) is 131 Å². The average molecular weight is 761 g/mol. The fraction of sp³-hybridized carbons (Fsp3) is 0.243. The summed E-state index contributed by atoms with van der Waals surface area (Å²) in [5.41, 5.74) is 14.2. The summed E-state index contributed by atoms with van der Waals surface area (Å²) < 4.78 is 31.3. The molecule has 6 nitrogen and oxygen atoms in total. The summed E-state index contributed by atoms with van der Waals surface area (Å²) >= 11 is 6.41. The first-order valence-corrected chi connectivity index (χ1v) is 17.3. The number of nitrogen functional groups attached to an aromatic ring is 1. The van der Waals surface area contributed by atoms with Crippen LogP contribution in [0.4, 0.5) is 25.8 Å². The number of halogens is 4. The van der Waals surface area contributed by atoms with Gasteiger partial charge in [0.1, 0.15) is 16.2 Å². The maximum atomic E-state index is 15.4. The third kappa shape index (κ3) is 7.60. The highest BCUT2D eigenvalue weighted by atomic mass is 79.9. The first kappa shape index (κ1) is 32.9. The molecule has 0 atom stereocenters. The number of anilines is 3. The van der Waals surface area contributed by atoms with E-state index >= 15 is 4.39 Å². The first-order chi connectivity index (χ1) is 22.8. The Labute approximate surface area is 289 Å². The molecule has 0 fully saturated rings. The van der Waals surface area contributed by atoms with Gasteiger partial charge >= 0.3 is 0 Å². The van der Waals surface area contributed by atoms with Gasteiger partial charge in [-0.25, -0.2) is 18.7 Å². The van der Waals surface area contributed by atoms with Crippen molar-refractivity contribution < 1.29 is 8.78 Å². The number of rotatable bonds is 5. The largest absolute Gasteiger partial charge is 0.397 e. The normalized spacial score (nSPS) is 14.6. The van der Waals surface area contributed by atoms with Crippen molar-refractivity contribution in [3.05, 3.63) is 111 Å². The van der Waals surface area contributed by atoms with Gasteiger partial charge in [0.25, 0.3) is 0 Å². The Kier molecular flexibility index (Phi) is 10.4. The molecule has 47 heavy (non-hydrogen) atoms. The minimum absolute atomic E-state index is 0.244. The Bertz CT molecular complexity index is 2000. The van der Waals surface area contributed by atoms with E-state index in [1.807, 2.05) is 31.3 Å². The van der Waals surface area contributed by atoms with Crippen LogP contribution in [0.25, 0.3) is 33.4 Å². The predicted octanol–water partition coefficient (Wildman–Crippen LogP) is 11.1. The van der Waals surface area contributed by atoms with E-state index in [2.05, 4.69) is 70.3 Å². The molecular formula is C37H34Br2F2N6. The zero-order valence-electron chi connectivity index (χ0n) is 26.0. The van der Waals surface area contributed by atoms with Crippen LogP contribution in [0.15, 0.2) is 82.3 Å². The van der Waals surface area contributed by atoms with E-state index in [9.17, 15) is 4.39 Å². The van der Waals surface area contributed by atoms with Crippen LogP contribution in [0.1, 0.15) is 68.2 Å². The second kappa shape index (κ2) is 14.8. The van der Waals surface area contributed by atoms with Crippen molar-refractivity contribution in [3.8, 4) is 11.4 Å². The van der Waals surface area contributed by atoms with E-state index in [0.29, 0.717) is 27.4 Å². The highest BCUT2D eigenvalue weighted by Gasteiger charge is 2.21. The topological polar surface area (TPSA) is 89.6 Å². The molecule has 2 aliphatic rings. The quantitative estimate of drug-likeness (QED) is 0.173. The van der Waals surface area contributed by atoms with Crippen molar-refractivity contribution in [1.29, 1.82) is 0 Å². The Hall–Kier alpha value is -4.02. The number of pyridine rings is 4. The highest BCUT2D eigenvalue weighted by Crippen LogP contribution is 2.40. The van der Waals surface area contributed by atoms with Crippen LogP contribution in [-0.2, 0) is 0 Å². The van der Waals surface area contributed by atoms with E-state index in [4.69, 9.17) is 10.7 Å². The van der Waals surface area contributed by atoms with Crippen molar-refractivity contribution in [3.63, 3.8) is 0 Å². The van der Waals surface area contributed by atoms with Crippen LogP contribution in [0.5, 0.6) is 0 Å². The van der Waals surface area contributed by atoms with E-state index in [1.165, 1.54) is 36.5 Å². The molecule has 0 radical (unpaired) electrons. The number of nitrogens with one attached hydrogen (secondary N) is 1. The lowest BCUT2D eigenvalue weighted by molar-refractivity contribution is 0.591. The van der Waals surface area contributed by atoms with Gasteiger partial charge in [-0.15, -0.1) is 0 Å². The second-order valence-electron chi connectivity index (χ2n) is 11.7. The smallest absolute Gasteiger partial charge is 0.137 e. The average Bonchev–Trinajstić information content (AvgIpc) is 3.09. The van der Waals surface area contributed by atoms with Gasteiger partial charge in [-0.2, -0.15) is 0 Å². The van der Waals surface area contributed by atoms with Crippen LogP contribution < -0.4 is 11.1 Å². The van der Waals surface area contributed by atoms with Crippen LogP contribution in [0.3, 0.4) is 0 Å². The molecule has 4 heterocycles. The number of hydrogen-bond acceptors (Lipinski definition) is 6. The maximum absolute atomic E-state index is 15.4. The van der Waals surface area contributed by atoms with Crippen LogP contribution in [0, 0.1) is 18.6 Å². The van der Waals surface area contributed by atoms with E-state index in [0.717, 1.165) is 65.2 Å². The van der Waals surface area contributed by atoms with Crippen molar-refractivity contribution in [2.45, 2.75) is 58.3 Å². The molecule has 2 aliphatic carbocycles. The molecule has 0 bridgehead atoms. The molecule has 0 saturated heterocycles. The Morgan fingerprint density at radius 2 is 1.60 bits per heavy atom. The summed E-state index contributed by atoms with van der Waals surface area (Å²) in [5, 5.41) is 3.83. The van der Waals surface area contributed by atoms with Gasteiger partial charge in [0.2, 0.25) is 0 Å². The highest BCUT2D eigenvalue weighted by molar-refractivity contribution is 9.11. The SMILES string of the molecule is Cc1c(-c2ccccn2)nc2cc(F)cc(F)c2c1Nc1cc(C2=CCCCC2)cnc1C1=CCCCC1.Nc1cc(Br)cnc1Br.